The van der Waals surface area contributed by atoms with E-state index >= 15 is 0 Å². The first-order valence-electron chi connectivity index (χ1n) is 4.41. The van der Waals surface area contributed by atoms with Crippen molar-refractivity contribution in [2.75, 3.05) is 0 Å². The van der Waals surface area contributed by atoms with Crippen LogP contribution in [0.3, 0.4) is 0 Å². The number of nitrogens with zero attached hydrogens (tertiary/aromatic N) is 2. The zero-order valence-corrected chi connectivity index (χ0v) is 8.10. The third kappa shape index (κ3) is 2.00. The summed E-state index contributed by atoms with van der Waals surface area (Å²) in [4.78, 5) is 13.4. The molecular formula is C11H8N2O2. The van der Waals surface area contributed by atoms with E-state index in [0.29, 0.717) is 5.76 Å². The highest BCUT2D eigenvalue weighted by Gasteiger charge is 2.05. The van der Waals surface area contributed by atoms with E-state index in [-0.39, 0.29) is 5.82 Å². The van der Waals surface area contributed by atoms with E-state index in [4.69, 9.17) is 4.52 Å². The maximum absolute atomic E-state index is 10.0. The number of rotatable bonds is 2. The molecule has 0 bridgehead atoms. The van der Waals surface area contributed by atoms with Crippen LogP contribution < -0.4 is 0 Å². The van der Waals surface area contributed by atoms with Gasteiger partial charge < -0.3 is 4.52 Å². The van der Waals surface area contributed by atoms with E-state index in [1.165, 1.54) is 6.08 Å². The molecule has 4 heteroatoms. The van der Waals surface area contributed by atoms with Crippen LogP contribution in [-0.4, -0.2) is 11.2 Å². The van der Waals surface area contributed by atoms with E-state index in [0.717, 1.165) is 11.1 Å². The summed E-state index contributed by atoms with van der Waals surface area (Å²) in [6, 6.07) is 9.39. The lowest BCUT2D eigenvalue weighted by Crippen LogP contribution is -1.75. The zero-order chi connectivity index (χ0) is 10.7. The number of isocyanates is 1. The molecule has 74 valence electrons. The third-order valence-electron chi connectivity index (χ3n) is 1.96. The normalized spacial score (nSPS) is 9.67. The molecule has 0 N–H and O–H groups in total. The summed E-state index contributed by atoms with van der Waals surface area (Å²) in [5.74, 6) is 0.828. The summed E-state index contributed by atoms with van der Waals surface area (Å²) in [6.45, 7) is 1.99. The molecule has 0 aliphatic heterocycles. The van der Waals surface area contributed by atoms with E-state index < -0.39 is 0 Å². The van der Waals surface area contributed by atoms with Crippen LogP contribution in [0.5, 0.6) is 0 Å². The molecule has 0 spiro atoms. The highest BCUT2D eigenvalue weighted by Crippen LogP contribution is 2.23. The minimum Gasteiger partial charge on any atom is -0.354 e. The van der Waals surface area contributed by atoms with Gasteiger partial charge in [-0.05, 0) is 13.0 Å². The van der Waals surface area contributed by atoms with Crippen molar-refractivity contribution >= 4 is 11.9 Å². The third-order valence-corrected chi connectivity index (χ3v) is 1.96. The maximum atomic E-state index is 10.0. The van der Waals surface area contributed by atoms with Crippen molar-refractivity contribution in [1.29, 1.82) is 0 Å². The van der Waals surface area contributed by atoms with Crippen molar-refractivity contribution < 1.29 is 9.32 Å². The van der Waals surface area contributed by atoms with Crippen LogP contribution in [0.4, 0.5) is 5.82 Å². The molecule has 2 aromatic rings. The second-order valence-corrected chi connectivity index (χ2v) is 3.12. The van der Waals surface area contributed by atoms with Crippen molar-refractivity contribution in [2.24, 2.45) is 4.99 Å². The Bertz CT molecular complexity index is 525. The Morgan fingerprint density at radius 2 is 2.27 bits per heavy atom. The Morgan fingerprint density at radius 1 is 1.40 bits per heavy atom. The van der Waals surface area contributed by atoms with Crippen LogP contribution >= 0.6 is 0 Å². The molecule has 1 heterocycles. The molecule has 0 radical (unpaired) electrons. The van der Waals surface area contributed by atoms with Crippen molar-refractivity contribution in [3.63, 3.8) is 0 Å². The van der Waals surface area contributed by atoms with Crippen molar-refractivity contribution in [1.82, 2.24) is 5.16 Å². The molecule has 0 aliphatic rings. The molecule has 0 unspecified atom stereocenters. The number of aryl methyl sites for hydroxylation is 1. The summed E-state index contributed by atoms with van der Waals surface area (Å²) in [6.07, 6.45) is 1.41. The van der Waals surface area contributed by atoms with Crippen LogP contribution in [0, 0.1) is 6.92 Å². The predicted octanol–water partition coefficient (Wildman–Crippen LogP) is 2.62. The van der Waals surface area contributed by atoms with Crippen LogP contribution in [0.2, 0.25) is 0 Å². The highest BCUT2D eigenvalue weighted by molar-refractivity contribution is 5.61. The number of hydrogen-bond acceptors (Lipinski definition) is 4. The fraction of sp³-hybridized carbons (Fsp3) is 0.0909. The van der Waals surface area contributed by atoms with Gasteiger partial charge in [0.15, 0.2) is 5.76 Å². The van der Waals surface area contributed by atoms with Gasteiger partial charge in [0, 0.05) is 11.6 Å². The zero-order valence-electron chi connectivity index (χ0n) is 8.10. The Labute approximate surface area is 86.2 Å². The number of carbonyl (C=O) groups excluding carboxylic acids is 1. The number of benzene rings is 1. The number of aromatic nitrogens is 1. The summed E-state index contributed by atoms with van der Waals surface area (Å²) in [7, 11) is 0. The molecule has 0 atom stereocenters. The standard InChI is InChI=1S/C11H8N2O2/c1-8-3-2-4-9(5-8)10-6-11(12-7-14)13-15-10/h2-6H,1H3. The second kappa shape index (κ2) is 3.90. The second-order valence-electron chi connectivity index (χ2n) is 3.12. The lowest BCUT2D eigenvalue weighted by atomic mass is 10.1. The molecule has 0 aliphatic carbocycles. The van der Waals surface area contributed by atoms with Gasteiger partial charge in [-0.3, -0.25) is 0 Å². The number of hydrogen-bond donors (Lipinski definition) is 0. The van der Waals surface area contributed by atoms with E-state index in [1.807, 2.05) is 31.2 Å². The number of aliphatic imine (C=N–C) groups is 1. The highest BCUT2D eigenvalue weighted by atomic mass is 16.5. The quantitative estimate of drug-likeness (QED) is 0.553. The van der Waals surface area contributed by atoms with E-state index in [2.05, 4.69) is 10.1 Å². The fourth-order valence-corrected chi connectivity index (χ4v) is 1.30. The van der Waals surface area contributed by atoms with Gasteiger partial charge in [-0.15, -0.1) is 4.99 Å². The molecule has 15 heavy (non-hydrogen) atoms. The molecule has 0 saturated heterocycles. The summed E-state index contributed by atoms with van der Waals surface area (Å²) in [5.41, 5.74) is 2.04. The Morgan fingerprint density at radius 3 is 3.00 bits per heavy atom. The average Bonchev–Trinajstić information content (AvgIpc) is 2.67. The lowest BCUT2D eigenvalue weighted by molar-refractivity contribution is 0.434. The van der Waals surface area contributed by atoms with Gasteiger partial charge in [-0.1, -0.05) is 28.9 Å². The van der Waals surface area contributed by atoms with Crippen LogP contribution in [-0.2, 0) is 4.79 Å². The Balaban J connectivity index is 2.41. The molecule has 1 aromatic carbocycles. The molecule has 1 aromatic heterocycles. The average molecular weight is 200 g/mol. The molecule has 0 amide bonds. The molecule has 4 nitrogen and oxygen atoms in total. The minimum atomic E-state index is 0.238. The van der Waals surface area contributed by atoms with Crippen molar-refractivity contribution in [2.45, 2.75) is 6.92 Å². The van der Waals surface area contributed by atoms with Crippen molar-refractivity contribution in [3.8, 4) is 11.3 Å². The van der Waals surface area contributed by atoms with Crippen LogP contribution in [0.15, 0.2) is 39.8 Å². The van der Waals surface area contributed by atoms with Gasteiger partial charge >= 0.3 is 0 Å². The van der Waals surface area contributed by atoms with Gasteiger partial charge in [0.2, 0.25) is 11.9 Å². The van der Waals surface area contributed by atoms with Crippen molar-refractivity contribution in [3.05, 3.63) is 35.9 Å². The Hall–Kier alpha value is -2.19. The molecular weight excluding hydrogens is 192 g/mol. The van der Waals surface area contributed by atoms with Crippen LogP contribution in [0.1, 0.15) is 5.56 Å². The topological polar surface area (TPSA) is 55.5 Å². The van der Waals surface area contributed by atoms with Gasteiger partial charge in [-0.25, -0.2) is 4.79 Å². The summed E-state index contributed by atoms with van der Waals surface area (Å²) in [5, 5.41) is 3.61. The van der Waals surface area contributed by atoms with Crippen LogP contribution in [0.25, 0.3) is 11.3 Å². The summed E-state index contributed by atoms with van der Waals surface area (Å²) < 4.78 is 5.04. The molecule has 0 fully saturated rings. The fourth-order valence-electron chi connectivity index (χ4n) is 1.30. The van der Waals surface area contributed by atoms with Gasteiger partial charge in [-0.2, -0.15) is 0 Å². The van der Waals surface area contributed by atoms with Gasteiger partial charge in [0.25, 0.3) is 0 Å². The SMILES string of the molecule is Cc1cccc(-c2cc(N=C=O)no2)c1. The predicted molar refractivity (Wildman–Crippen MR) is 54.5 cm³/mol. The lowest BCUT2D eigenvalue weighted by Gasteiger charge is -1.95. The minimum absolute atomic E-state index is 0.238. The van der Waals surface area contributed by atoms with Gasteiger partial charge in [0.05, 0.1) is 0 Å². The van der Waals surface area contributed by atoms with E-state index in [1.54, 1.807) is 6.07 Å². The largest absolute Gasteiger partial charge is 0.354 e. The smallest absolute Gasteiger partial charge is 0.242 e. The maximum Gasteiger partial charge on any atom is 0.242 e. The molecule has 2 rings (SSSR count). The first-order valence-corrected chi connectivity index (χ1v) is 4.41. The summed E-state index contributed by atoms with van der Waals surface area (Å²) >= 11 is 0. The molecule has 0 saturated carbocycles. The monoisotopic (exact) mass is 200 g/mol. The van der Waals surface area contributed by atoms with E-state index in [9.17, 15) is 4.79 Å². The Kier molecular flexibility index (Phi) is 2.44. The first kappa shape index (κ1) is 9.37. The van der Waals surface area contributed by atoms with Gasteiger partial charge in [0.1, 0.15) is 0 Å². The first-order chi connectivity index (χ1) is 7.29.